The Kier molecular flexibility index (Phi) is 12.7. The highest BCUT2D eigenvalue weighted by molar-refractivity contribution is 7.92. The van der Waals surface area contributed by atoms with Crippen LogP contribution in [-0.4, -0.2) is 63.9 Å². The van der Waals surface area contributed by atoms with Gasteiger partial charge in [0.25, 0.3) is 11.8 Å². The van der Waals surface area contributed by atoms with Crippen LogP contribution in [-0.2, 0) is 23.0 Å². The number of ether oxygens (including phenoxy) is 1. The molecule has 4 aromatic carbocycles. The molecular weight excluding hydrogens is 628 g/mol. The summed E-state index contributed by atoms with van der Waals surface area (Å²) in [4.78, 5) is 27.3. The third-order valence-corrected chi connectivity index (χ3v) is 9.13. The summed E-state index contributed by atoms with van der Waals surface area (Å²) in [6, 6.07) is 29.8. The molecule has 11 heteroatoms. The molecule has 0 aliphatic heterocycles. The summed E-state index contributed by atoms with van der Waals surface area (Å²) >= 11 is 0. The van der Waals surface area contributed by atoms with Crippen molar-refractivity contribution in [3.05, 3.63) is 131 Å². The smallest absolute Gasteiger partial charge is 0.251 e. The van der Waals surface area contributed by atoms with Crippen molar-refractivity contribution < 1.29 is 27.9 Å². The lowest BCUT2D eigenvalue weighted by Crippen LogP contribution is -2.48. The molecule has 0 saturated heterocycles. The highest BCUT2D eigenvalue weighted by Gasteiger charge is 2.25. The maximum Gasteiger partial charge on any atom is 0.251 e. The molecule has 4 rings (SSSR count). The van der Waals surface area contributed by atoms with Gasteiger partial charge in [0, 0.05) is 31.3 Å². The summed E-state index contributed by atoms with van der Waals surface area (Å²) < 4.78 is 31.5. The molecule has 3 atom stereocenters. The summed E-state index contributed by atoms with van der Waals surface area (Å²) in [5.41, 5.74) is 3.13. The second-order valence-electron chi connectivity index (χ2n) is 11.7. The molecule has 3 unspecified atom stereocenters. The van der Waals surface area contributed by atoms with Crippen LogP contribution in [0.4, 0.5) is 5.69 Å². The number of aliphatic hydroxyl groups excluding tert-OH is 1. The van der Waals surface area contributed by atoms with Crippen molar-refractivity contribution in [1.29, 1.82) is 0 Å². The average molecular weight is 673 g/mol. The number of hydrogen-bond acceptors (Lipinski definition) is 7. The largest absolute Gasteiger partial charge is 0.494 e. The number of hydrogen-bond donors (Lipinski definition) is 4. The van der Waals surface area contributed by atoms with Crippen LogP contribution < -0.4 is 25.0 Å². The molecule has 0 aromatic heterocycles. The van der Waals surface area contributed by atoms with Crippen LogP contribution in [0.2, 0.25) is 0 Å². The Morgan fingerprint density at radius 3 is 2.06 bits per heavy atom. The van der Waals surface area contributed by atoms with Gasteiger partial charge in [-0.15, -0.1) is 0 Å². The van der Waals surface area contributed by atoms with Gasteiger partial charge < -0.3 is 25.8 Å². The predicted octanol–water partition coefficient (Wildman–Crippen LogP) is 4.46. The van der Waals surface area contributed by atoms with E-state index in [1.54, 1.807) is 0 Å². The summed E-state index contributed by atoms with van der Waals surface area (Å²) in [6.45, 7) is 4.97. The Labute approximate surface area is 283 Å². The average Bonchev–Trinajstić information content (AvgIpc) is 3.08. The second kappa shape index (κ2) is 16.9. The number of benzene rings is 4. The van der Waals surface area contributed by atoms with Gasteiger partial charge in [-0.05, 0) is 67.3 Å². The standard InChI is InChI=1S/C37H44N4O6S/c1-5-47-33-18-12-15-28(19-33)24-38-25-35(42)34(20-27-13-8-6-9-14-27)40-37(44)31-21-30(22-32(23-31)41(3)48(4,45)46)36(43)39-26(2)29-16-10-7-11-17-29/h6-19,21-23,26,34-35,38,42H,5,20,24-25H2,1-4H3,(H,39,43)(H,40,44). The highest BCUT2D eigenvalue weighted by atomic mass is 32.2. The van der Waals surface area contributed by atoms with Gasteiger partial charge in [-0.25, -0.2) is 8.42 Å². The van der Waals surface area contributed by atoms with Gasteiger partial charge in [-0.1, -0.05) is 72.8 Å². The Hall–Kier alpha value is -4.71. The van der Waals surface area contributed by atoms with Crippen LogP contribution in [0.15, 0.2) is 103 Å². The molecule has 254 valence electrons. The van der Waals surface area contributed by atoms with Gasteiger partial charge in [0.15, 0.2) is 0 Å². The van der Waals surface area contributed by atoms with Crippen molar-refractivity contribution in [3.8, 4) is 5.75 Å². The minimum absolute atomic E-state index is 0.0754. The first-order valence-corrected chi connectivity index (χ1v) is 17.7. The van der Waals surface area contributed by atoms with Gasteiger partial charge in [0.2, 0.25) is 10.0 Å². The fourth-order valence-electron chi connectivity index (χ4n) is 5.17. The summed E-state index contributed by atoms with van der Waals surface area (Å²) in [7, 11) is -2.35. The van der Waals surface area contributed by atoms with Crippen LogP contribution in [0.5, 0.6) is 5.75 Å². The van der Waals surface area contributed by atoms with Crippen molar-refractivity contribution in [2.75, 3.05) is 30.8 Å². The lowest BCUT2D eigenvalue weighted by molar-refractivity contribution is 0.0830. The van der Waals surface area contributed by atoms with E-state index in [0.29, 0.717) is 19.6 Å². The SMILES string of the molecule is CCOc1cccc(CNCC(O)C(Cc2ccccc2)NC(=O)c2cc(C(=O)NC(C)c3ccccc3)cc(N(C)S(C)(=O)=O)c2)c1. The molecule has 0 fully saturated rings. The molecule has 4 N–H and O–H groups in total. The number of rotatable bonds is 16. The molecule has 4 aromatic rings. The zero-order valence-corrected chi connectivity index (χ0v) is 28.5. The van der Waals surface area contributed by atoms with Crippen molar-refractivity contribution in [1.82, 2.24) is 16.0 Å². The van der Waals surface area contributed by atoms with E-state index < -0.39 is 34.0 Å². The third kappa shape index (κ3) is 10.4. The first kappa shape index (κ1) is 36.1. The number of carbonyl (C=O) groups is 2. The van der Waals surface area contributed by atoms with Crippen molar-refractivity contribution >= 4 is 27.5 Å². The number of sulfonamides is 1. The quantitative estimate of drug-likeness (QED) is 0.138. The van der Waals surface area contributed by atoms with E-state index >= 15 is 0 Å². The van der Waals surface area contributed by atoms with Crippen LogP contribution in [0.3, 0.4) is 0 Å². The molecular formula is C37H44N4O6S. The van der Waals surface area contributed by atoms with Gasteiger partial charge >= 0.3 is 0 Å². The Morgan fingerprint density at radius 2 is 1.44 bits per heavy atom. The molecule has 48 heavy (non-hydrogen) atoms. The van der Waals surface area contributed by atoms with E-state index in [4.69, 9.17) is 4.74 Å². The molecule has 0 heterocycles. The second-order valence-corrected chi connectivity index (χ2v) is 13.7. The van der Waals surface area contributed by atoms with Crippen molar-refractivity contribution in [3.63, 3.8) is 0 Å². The van der Waals surface area contributed by atoms with Crippen LogP contribution in [0, 0.1) is 0 Å². The Bertz CT molecular complexity index is 1770. The Balaban J connectivity index is 1.57. The fraction of sp³-hybridized carbons (Fsp3) is 0.297. The molecule has 10 nitrogen and oxygen atoms in total. The van der Waals surface area contributed by atoms with E-state index in [2.05, 4.69) is 16.0 Å². The van der Waals surface area contributed by atoms with Crippen LogP contribution in [0.1, 0.15) is 57.3 Å². The van der Waals surface area contributed by atoms with E-state index in [0.717, 1.165) is 33.0 Å². The van der Waals surface area contributed by atoms with E-state index in [-0.39, 0.29) is 29.4 Å². The third-order valence-electron chi connectivity index (χ3n) is 7.92. The van der Waals surface area contributed by atoms with Crippen LogP contribution >= 0.6 is 0 Å². The number of nitrogens with zero attached hydrogens (tertiary/aromatic N) is 1. The van der Waals surface area contributed by atoms with Crippen LogP contribution in [0.25, 0.3) is 0 Å². The Morgan fingerprint density at radius 1 is 0.833 bits per heavy atom. The maximum absolute atomic E-state index is 13.8. The summed E-state index contributed by atoms with van der Waals surface area (Å²) in [6.07, 6.45) is 0.393. The minimum Gasteiger partial charge on any atom is -0.494 e. The topological polar surface area (TPSA) is 137 Å². The number of amides is 2. The van der Waals surface area contributed by atoms with Gasteiger partial charge in [-0.3, -0.25) is 13.9 Å². The van der Waals surface area contributed by atoms with Crippen molar-refractivity contribution in [2.24, 2.45) is 0 Å². The number of carbonyl (C=O) groups excluding carboxylic acids is 2. The molecule has 0 radical (unpaired) electrons. The molecule has 0 saturated carbocycles. The minimum atomic E-state index is -3.71. The predicted molar refractivity (Wildman–Crippen MR) is 189 cm³/mol. The first-order chi connectivity index (χ1) is 22.9. The molecule has 0 aliphatic rings. The number of aliphatic hydroxyl groups is 1. The molecule has 0 bridgehead atoms. The van der Waals surface area contributed by atoms with E-state index in [1.807, 2.05) is 98.8 Å². The summed E-state index contributed by atoms with van der Waals surface area (Å²) in [5, 5.41) is 20.5. The molecule has 0 aliphatic carbocycles. The fourth-order valence-corrected chi connectivity index (χ4v) is 5.66. The monoisotopic (exact) mass is 672 g/mol. The lowest BCUT2D eigenvalue weighted by Gasteiger charge is -2.26. The number of anilines is 1. The van der Waals surface area contributed by atoms with E-state index in [1.165, 1.54) is 25.2 Å². The lowest BCUT2D eigenvalue weighted by atomic mass is 10.00. The van der Waals surface area contributed by atoms with E-state index in [9.17, 15) is 23.1 Å². The highest BCUT2D eigenvalue weighted by Crippen LogP contribution is 2.22. The zero-order valence-electron chi connectivity index (χ0n) is 27.7. The molecule has 2 amide bonds. The van der Waals surface area contributed by atoms with Gasteiger partial charge in [0.1, 0.15) is 5.75 Å². The van der Waals surface area contributed by atoms with Crippen molar-refractivity contribution in [2.45, 2.75) is 45.0 Å². The summed E-state index contributed by atoms with van der Waals surface area (Å²) in [5.74, 6) is -0.270. The zero-order chi connectivity index (χ0) is 34.7. The molecule has 0 spiro atoms. The van der Waals surface area contributed by atoms with Gasteiger partial charge in [-0.2, -0.15) is 0 Å². The maximum atomic E-state index is 13.8. The number of nitrogens with one attached hydrogen (secondary N) is 3. The first-order valence-electron chi connectivity index (χ1n) is 15.8. The van der Waals surface area contributed by atoms with Gasteiger partial charge in [0.05, 0.1) is 36.7 Å². The normalized spacial score (nSPS) is 13.2.